The summed E-state index contributed by atoms with van der Waals surface area (Å²) < 4.78 is 11.9. The normalized spacial score (nSPS) is 34.3. The Balaban J connectivity index is 1.27. The van der Waals surface area contributed by atoms with Gasteiger partial charge >= 0.3 is 5.97 Å². The number of para-hydroxylation sites is 2. The maximum absolute atomic E-state index is 12.7. The van der Waals surface area contributed by atoms with Crippen molar-refractivity contribution in [1.82, 2.24) is 15.3 Å². The van der Waals surface area contributed by atoms with Crippen molar-refractivity contribution in [3.05, 3.63) is 41.7 Å². The Labute approximate surface area is 171 Å². The van der Waals surface area contributed by atoms with Gasteiger partial charge in [0.2, 0.25) is 0 Å². The molecule has 5 rings (SSSR count). The lowest BCUT2D eigenvalue weighted by Gasteiger charge is -2.22. The molecule has 29 heavy (non-hydrogen) atoms. The Morgan fingerprint density at radius 1 is 1.34 bits per heavy atom. The molecule has 1 aromatic carbocycles. The fourth-order valence-corrected chi connectivity index (χ4v) is 5.01. The Morgan fingerprint density at radius 3 is 3.07 bits per heavy atom. The molecule has 1 aliphatic carbocycles. The van der Waals surface area contributed by atoms with Gasteiger partial charge in [-0.1, -0.05) is 23.8 Å². The van der Waals surface area contributed by atoms with E-state index in [0.29, 0.717) is 13.1 Å². The van der Waals surface area contributed by atoms with Crippen LogP contribution in [-0.2, 0) is 20.8 Å². The van der Waals surface area contributed by atoms with E-state index in [-0.39, 0.29) is 35.6 Å². The molecule has 6 nitrogen and oxygen atoms in total. The molecule has 1 aromatic heterocycles. The first kappa shape index (κ1) is 18.8. The molecule has 0 saturated carbocycles. The number of esters is 1. The summed E-state index contributed by atoms with van der Waals surface area (Å²) in [5.74, 6) is 0.858. The minimum atomic E-state index is -0.145. The molecule has 154 valence electrons. The summed E-state index contributed by atoms with van der Waals surface area (Å²) in [6, 6.07) is 8.00. The predicted molar refractivity (Wildman–Crippen MR) is 110 cm³/mol. The molecule has 2 N–H and O–H groups in total. The second kappa shape index (κ2) is 7.26. The van der Waals surface area contributed by atoms with Crippen LogP contribution in [0.2, 0.25) is 0 Å². The lowest BCUT2D eigenvalue weighted by molar-refractivity contribution is -0.144. The van der Waals surface area contributed by atoms with E-state index in [1.54, 1.807) is 0 Å². The van der Waals surface area contributed by atoms with E-state index in [4.69, 9.17) is 9.47 Å². The maximum atomic E-state index is 12.7. The van der Waals surface area contributed by atoms with Crippen LogP contribution in [0, 0.1) is 11.8 Å². The second-order valence-electron chi connectivity index (χ2n) is 8.98. The molecule has 0 unspecified atom stereocenters. The van der Waals surface area contributed by atoms with Crippen molar-refractivity contribution in [2.75, 3.05) is 6.54 Å². The lowest BCUT2D eigenvalue weighted by atomic mass is 9.80. The predicted octanol–water partition coefficient (Wildman–Crippen LogP) is 3.49. The molecule has 2 aliphatic heterocycles. The maximum Gasteiger partial charge on any atom is 0.311 e. The molecule has 0 radical (unpaired) electrons. The van der Waals surface area contributed by atoms with Gasteiger partial charge in [0.25, 0.3) is 0 Å². The molecule has 3 aliphatic rings. The molecule has 5 atom stereocenters. The third kappa shape index (κ3) is 3.60. The fraction of sp³-hybridized carbons (Fsp3) is 0.565. The van der Waals surface area contributed by atoms with Crippen molar-refractivity contribution in [3.63, 3.8) is 0 Å². The van der Waals surface area contributed by atoms with E-state index < -0.39 is 0 Å². The van der Waals surface area contributed by atoms with Crippen LogP contribution in [0.1, 0.15) is 45.4 Å². The molecule has 6 heteroatoms. The number of H-pyrrole nitrogens is 1. The Hall–Kier alpha value is -2.18. The third-order valence-corrected chi connectivity index (χ3v) is 6.83. The van der Waals surface area contributed by atoms with Gasteiger partial charge in [-0.25, -0.2) is 4.98 Å². The zero-order valence-corrected chi connectivity index (χ0v) is 17.1. The number of rotatable bonds is 4. The number of nitrogens with zero attached hydrogens (tertiary/aromatic N) is 1. The van der Waals surface area contributed by atoms with Crippen molar-refractivity contribution in [2.45, 2.75) is 63.9 Å². The number of ether oxygens (including phenoxy) is 2. The molecule has 2 aromatic rings. The van der Waals surface area contributed by atoms with Crippen LogP contribution in [0.3, 0.4) is 0 Å². The number of epoxide rings is 1. The van der Waals surface area contributed by atoms with Crippen molar-refractivity contribution in [1.29, 1.82) is 0 Å². The first-order valence-electron chi connectivity index (χ1n) is 10.7. The van der Waals surface area contributed by atoms with Crippen molar-refractivity contribution >= 4 is 17.0 Å². The summed E-state index contributed by atoms with van der Waals surface area (Å²) in [7, 11) is 0. The van der Waals surface area contributed by atoms with Gasteiger partial charge in [0.1, 0.15) is 18.0 Å². The molecule has 0 bridgehead atoms. The number of aromatic amines is 1. The highest BCUT2D eigenvalue weighted by Gasteiger charge is 2.62. The molecular weight excluding hydrogens is 366 g/mol. The number of fused-ring (bicyclic) bond motifs is 4. The van der Waals surface area contributed by atoms with Gasteiger partial charge in [0, 0.05) is 12.5 Å². The highest BCUT2D eigenvalue weighted by molar-refractivity contribution is 5.76. The summed E-state index contributed by atoms with van der Waals surface area (Å²) in [6.07, 6.45) is 6.27. The molecule has 0 amide bonds. The smallest absolute Gasteiger partial charge is 0.311 e. The largest absolute Gasteiger partial charge is 0.459 e. The minimum absolute atomic E-state index is 0.0450. The highest BCUT2D eigenvalue weighted by Crippen LogP contribution is 2.50. The molecular formula is C23H29N3O3. The van der Waals surface area contributed by atoms with Crippen LogP contribution in [0.15, 0.2) is 35.9 Å². The molecule has 0 spiro atoms. The van der Waals surface area contributed by atoms with Gasteiger partial charge in [-0.3, -0.25) is 4.79 Å². The number of allylic oxidation sites excluding steroid dienone is 2. The number of imidazole rings is 1. The Morgan fingerprint density at radius 2 is 2.21 bits per heavy atom. The Kier molecular flexibility index (Phi) is 4.71. The average molecular weight is 396 g/mol. The van der Waals surface area contributed by atoms with Gasteiger partial charge < -0.3 is 19.8 Å². The van der Waals surface area contributed by atoms with Crippen LogP contribution in [-0.4, -0.2) is 40.3 Å². The number of benzene rings is 1. The molecule has 3 heterocycles. The standard InChI is InChI=1S/C23H29N3O3/c1-14-6-5-11-23(2)21(29-23)20-15(10-9-14)16(22(27)28-20)12-24-13-19-25-17-7-3-4-8-18(17)26-19/h3-4,6-8,15-16,20-21,24H,5,9-13H2,1-2H3,(H,25,26)/t15-,16-,20-,21+,23+/m0/s1. The monoisotopic (exact) mass is 395 g/mol. The van der Waals surface area contributed by atoms with Gasteiger partial charge in [-0.2, -0.15) is 0 Å². The number of nitrogens with one attached hydrogen (secondary N) is 2. The number of carbonyl (C=O) groups excluding carboxylic acids is 1. The summed E-state index contributed by atoms with van der Waals surface area (Å²) in [4.78, 5) is 20.6. The van der Waals surface area contributed by atoms with Gasteiger partial charge in [0.05, 0.1) is 29.1 Å². The van der Waals surface area contributed by atoms with E-state index in [9.17, 15) is 4.79 Å². The fourth-order valence-electron chi connectivity index (χ4n) is 5.01. The number of carbonyl (C=O) groups is 1. The first-order chi connectivity index (χ1) is 14.0. The van der Waals surface area contributed by atoms with Gasteiger partial charge in [0.15, 0.2) is 0 Å². The van der Waals surface area contributed by atoms with Crippen LogP contribution in [0.4, 0.5) is 0 Å². The van der Waals surface area contributed by atoms with E-state index in [2.05, 4.69) is 35.2 Å². The Bertz CT molecular complexity index is 919. The SMILES string of the molecule is CC1=CCC[C@@]2(C)O[C@@H]2[C@H]2OC(=O)[C@@H](CNCc3nc4ccccc4[nH]3)[C@@H]2CC1. The van der Waals surface area contributed by atoms with Crippen LogP contribution < -0.4 is 5.32 Å². The summed E-state index contributed by atoms with van der Waals surface area (Å²) in [6.45, 7) is 5.55. The van der Waals surface area contributed by atoms with Gasteiger partial charge in [-0.05, 0) is 51.7 Å². The van der Waals surface area contributed by atoms with E-state index >= 15 is 0 Å². The molecule has 2 saturated heterocycles. The van der Waals surface area contributed by atoms with Crippen molar-refractivity contribution in [2.24, 2.45) is 11.8 Å². The topological polar surface area (TPSA) is 79.5 Å². The minimum Gasteiger partial charge on any atom is -0.459 e. The zero-order chi connectivity index (χ0) is 20.0. The van der Waals surface area contributed by atoms with Crippen LogP contribution >= 0.6 is 0 Å². The zero-order valence-electron chi connectivity index (χ0n) is 17.1. The average Bonchev–Trinajstić information content (AvgIpc) is 3.05. The number of aromatic nitrogens is 2. The van der Waals surface area contributed by atoms with E-state index in [1.165, 1.54) is 5.57 Å². The highest BCUT2D eigenvalue weighted by atomic mass is 16.6. The summed E-state index contributed by atoms with van der Waals surface area (Å²) >= 11 is 0. The summed E-state index contributed by atoms with van der Waals surface area (Å²) in [5.41, 5.74) is 3.25. The molecule has 2 fully saturated rings. The third-order valence-electron chi connectivity index (χ3n) is 6.83. The lowest BCUT2D eigenvalue weighted by Crippen LogP contribution is -2.34. The van der Waals surface area contributed by atoms with E-state index in [0.717, 1.165) is 42.5 Å². The quantitative estimate of drug-likeness (QED) is 0.471. The summed E-state index contributed by atoms with van der Waals surface area (Å²) in [5, 5.41) is 3.43. The van der Waals surface area contributed by atoms with Crippen molar-refractivity contribution in [3.8, 4) is 0 Å². The second-order valence-corrected chi connectivity index (χ2v) is 8.98. The van der Waals surface area contributed by atoms with Gasteiger partial charge in [-0.15, -0.1) is 0 Å². The van der Waals surface area contributed by atoms with Crippen molar-refractivity contribution < 1.29 is 14.3 Å². The van der Waals surface area contributed by atoms with Crippen LogP contribution in [0.5, 0.6) is 0 Å². The number of hydrogen-bond acceptors (Lipinski definition) is 5. The van der Waals surface area contributed by atoms with Crippen LogP contribution in [0.25, 0.3) is 11.0 Å². The first-order valence-corrected chi connectivity index (χ1v) is 10.7. The van der Waals surface area contributed by atoms with E-state index in [1.807, 2.05) is 24.3 Å². The number of hydrogen-bond donors (Lipinski definition) is 2.